The zero-order valence-electron chi connectivity index (χ0n) is 5.03. The summed E-state index contributed by atoms with van der Waals surface area (Å²) in [5.41, 5.74) is 0. The van der Waals surface area contributed by atoms with Gasteiger partial charge in [-0.15, -0.1) is 23.2 Å². The predicted molar refractivity (Wildman–Crippen MR) is 40.3 cm³/mol. The fourth-order valence-electron chi connectivity index (χ4n) is 0.265. The minimum Gasteiger partial charge on any atom is -0.419 e. The van der Waals surface area contributed by atoms with Crippen LogP contribution in [-0.4, -0.2) is 20.3 Å². The molecule has 0 aliphatic heterocycles. The van der Waals surface area contributed by atoms with Crippen LogP contribution in [0.25, 0.3) is 0 Å². The van der Waals surface area contributed by atoms with Gasteiger partial charge in [0.15, 0.2) is 9.76 Å². The van der Waals surface area contributed by atoms with E-state index in [0.29, 0.717) is 0 Å². The van der Waals surface area contributed by atoms with Crippen LogP contribution in [0.5, 0.6) is 0 Å². The average Bonchev–Trinajstić information content (AvgIpc) is 1.61. The van der Waals surface area contributed by atoms with E-state index in [-0.39, 0.29) is 10.6 Å². The van der Waals surface area contributed by atoms with Crippen molar-refractivity contribution < 1.29 is 4.43 Å². The Morgan fingerprint density at radius 1 is 1.38 bits per heavy atom. The van der Waals surface area contributed by atoms with Crippen LogP contribution >= 0.6 is 23.2 Å². The number of hydrogen-bond donors (Lipinski definition) is 0. The van der Waals surface area contributed by atoms with Crippen LogP contribution in [0.4, 0.5) is 0 Å². The first-order valence-electron chi connectivity index (χ1n) is 2.52. The highest BCUT2D eigenvalue weighted by molar-refractivity contribution is 6.65. The zero-order chi connectivity index (χ0) is 6.57. The highest BCUT2D eigenvalue weighted by atomic mass is 35.5. The fourth-order valence-corrected chi connectivity index (χ4v) is 1.23. The Balaban J connectivity index is 2.93. The van der Waals surface area contributed by atoms with Crippen LogP contribution in [0.3, 0.4) is 0 Å². The molecule has 0 atom stereocenters. The van der Waals surface area contributed by atoms with Crippen molar-refractivity contribution in [2.45, 2.75) is 24.4 Å². The van der Waals surface area contributed by atoms with Crippen LogP contribution in [0, 0.1) is 0 Å². The van der Waals surface area contributed by atoms with Gasteiger partial charge in [-0.2, -0.15) is 0 Å². The van der Waals surface area contributed by atoms with Gasteiger partial charge in [0.2, 0.25) is 0 Å². The third-order valence-corrected chi connectivity index (χ3v) is 2.42. The van der Waals surface area contributed by atoms with Gasteiger partial charge in [0.25, 0.3) is 0 Å². The van der Waals surface area contributed by atoms with Crippen molar-refractivity contribution >= 4 is 33.0 Å². The van der Waals surface area contributed by atoms with Gasteiger partial charge in [0, 0.05) is 6.10 Å². The van der Waals surface area contributed by atoms with Crippen molar-refractivity contribution in [3.05, 3.63) is 0 Å². The van der Waals surface area contributed by atoms with E-state index in [9.17, 15) is 0 Å². The Labute approximate surface area is 62.3 Å². The number of rotatable bonds is 3. The second-order valence-electron chi connectivity index (χ2n) is 1.77. The molecule has 1 nitrogen and oxygen atoms in total. The predicted octanol–water partition coefficient (Wildman–Crippen LogP) is 1.26. The van der Waals surface area contributed by atoms with Crippen molar-refractivity contribution in [2.24, 2.45) is 0 Å². The van der Waals surface area contributed by atoms with Gasteiger partial charge in [-0.05, 0) is 13.8 Å². The minimum atomic E-state index is -0.671. The molecule has 0 N–H and O–H groups in total. The monoisotopic (exact) mass is 172 g/mol. The van der Waals surface area contributed by atoms with E-state index < -0.39 is 9.76 Å². The molecule has 0 saturated carbocycles. The largest absolute Gasteiger partial charge is 0.419 e. The zero-order valence-corrected chi connectivity index (χ0v) is 7.95. The lowest BCUT2D eigenvalue weighted by molar-refractivity contribution is 0.256. The maximum absolute atomic E-state index is 5.42. The van der Waals surface area contributed by atoms with E-state index in [4.69, 9.17) is 27.6 Å². The molecule has 0 bridgehead atoms. The smallest absolute Gasteiger partial charge is 0.196 e. The molecule has 0 radical (unpaired) electrons. The summed E-state index contributed by atoms with van der Waals surface area (Å²) in [5, 5.41) is 0. The van der Waals surface area contributed by atoms with Crippen molar-refractivity contribution in [1.29, 1.82) is 0 Å². The maximum atomic E-state index is 5.42. The van der Waals surface area contributed by atoms with E-state index in [0.717, 1.165) is 0 Å². The van der Waals surface area contributed by atoms with Gasteiger partial charge in [0.05, 0.1) is 0 Å². The summed E-state index contributed by atoms with van der Waals surface area (Å²) < 4.78 is 4.93. The highest BCUT2D eigenvalue weighted by Gasteiger charge is 2.00. The van der Waals surface area contributed by atoms with Gasteiger partial charge < -0.3 is 4.43 Å². The molecular weight excluding hydrogens is 163 g/mol. The second kappa shape index (κ2) is 4.62. The first-order chi connectivity index (χ1) is 3.63. The normalized spacial score (nSPS) is 12.8. The van der Waals surface area contributed by atoms with Gasteiger partial charge in [0.1, 0.15) is 4.46 Å². The van der Waals surface area contributed by atoms with Crippen LogP contribution in [0.15, 0.2) is 0 Å². The molecule has 0 aromatic heterocycles. The van der Waals surface area contributed by atoms with E-state index in [1.54, 1.807) is 0 Å². The van der Waals surface area contributed by atoms with Gasteiger partial charge in [-0.25, -0.2) is 0 Å². The molecule has 0 spiro atoms. The molecule has 0 saturated heterocycles. The van der Waals surface area contributed by atoms with Crippen LogP contribution in [0.2, 0.25) is 0 Å². The van der Waals surface area contributed by atoms with Gasteiger partial charge >= 0.3 is 0 Å². The Bertz CT molecular complexity index is 50.0. The van der Waals surface area contributed by atoms with Crippen molar-refractivity contribution in [3.8, 4) is 0 Å². The van der Waals surface area contributed by atoms with Crippen LogP contribution in [0.1, 0.15) is 13.8 Å². The van der Waals surface area contributed by atoms with E-state index in [2.05, 4.69) is 0 Å². The molecule has 8 heavy (non-hydrogen) atoms. The second-order valence-corrected chi connectivity index (χ2v) is 5.57. The summed E-state index contributed by atoms with van der Waals surface area (Å²) >= 11 is 10.8. The molecule has 0 aliphatic rings. The van der Waals surface area contributed by atoms with E-state index in [1.165, 1.54) is 0 Å². The first kappa shape index (κ1) is 8.76. The number of hydrogen-bond acceptors (Lipinski definition) is 1. The lowest BCUT2D eigenvalue weighted by Crippen LogP contribution is -2.12. The Kier molecular flexibility index (Phi) is 5.06. The number of alkyl halides is 2. The average molecular weight is 173 g/mol. The summed E-state index contributed by atoms with van der Waals surface area (Å²) in [7, 11) is -0.671. The fraction of sp³-hybridized carbons (Fsp3) is 1.00. The topological polar surface area (TPSA) is 9.23 Å². The molecule has 0 aromatic carbocycles. The molecule has 0 heterocycles. The van der Waals surface area contributed by atoms with Gasteiger partial charge in [-0.1, -0.05) is 0 Å². The summed E-state index contributed by atoms with van der Waals surface area (Å²) in [6.07, 6.45) is 0.279. The summed E-state index contributed by atoms with van der Waals surface area (Å²) in [6, 6.07) is 0. The van der Waals surface area contributed by atoms with Crippen LogP contribution < -0.4 is 0 Å². The number of halogens is 2. The lowest BCUT2D eigenvalue weighted by Gasteiger charge is -2.05. The third kappa shape index (κ3) is 6.76. The Hall–Kier alpha value is 0.757. The van der Waals surface area contributed by atoms with Crippen molar-refractivity contribution in [3.63, 3.8) is 0 Å². The van der Waals surface area contributed by atoms with Gasteiger partial charge in [-0.3, -0.25) is 0 Å². The Morgan fingerprint density at radius 3 is 2.00 bits per heavy atom. The minimum absolute atomic E-state index is 0.252. The molecule has 0 unspecified atom stereocenters. The van der Waals surface area contributed by atoms with Crippen molar-refractivity contribution in [2.75, 3.05) is 0 Å². The molecule has 0 amide bonds. The molecule has 4 heteroatoms. The lowest BCUT2D eigenvalue weighted by atomic mass is 10.5. The molecule has 0 aliphatic carbocycles. The van der Waals surface area contributed by atoms with E-state index in [1.807, 2.05) is 13.8 Å². The summed E-state index contributed by atoms with van der Waals surface area (Å²) in [4.78, 5) is 0. The van der Waals surface area contributed by atoms with Crippen molar-refractivity contribution in [1.82, 2.24) is 0 Å². The van der Waals surface area contributed by atoms with Crippen LogP contribution in [-0.2, 0) is 4.43 Å². The SMILES string of the molecule is CC(C)O[SiH2]C(Cl)Cl. The third-order valence-electron chi connectivity index (χ3n) is 0.556. The summed E-state index contributed by atoms with van der Waals surface area (Å²) in [5.74, 6) is 0. The highest BCUT2D eigenvalue weighted by Crippen LogP contribution is 2.00. The molecule has 50 valence electrons. The van der Waals surface area contributed by atoms with E-state index >= 15 is 0 Å². The molecule has 0 aromatic rings. The molecular formula is C4H10Cl2OSi. The Morgan fingerprint density at radius 2 is 1.88 bits per heavy atom. The molecule has 0 fully saturated rings. The molecule has 0 rings (SSSR count). The first-order valence-corrected chi connectivity index (χ1v) is 4.79. The quantitative estimate of drug-likeness (QED) is 0.461. The maximum Gasteiger partial charge on any atom is 0.196 e. The standard InChI is InChI=1S/C4H10Cl2OSi/c1-3(2)7-8-4(5)6/h3-4H,8H2,1-2H3. The summed E-state index contributed by atoms with van der Waals surface area (Å²) in [6.45, 7) is 3.95.